The van der Waals surface area contributed by atoms with Crippen LogP contribution in [-0.4, -0.2) is 21.1 Å². The van der Waals surface area contributed by atoms with Gasteiger partial charge in [0.05, 0.1) is 11.9 Å². The first-order valence-electron chi connectivity index (χ1n) is 6.42. The van der Waals surface area contributed by atoms with Crippen LogP contribution in [0.3, 0.4) is 0 Å². The van der Waals surface area contributed by atoms with Crippen LogP contribution in [-0.2, 0) is 6.42 Å². The summed E-state index contributed by atoms with van der Waals surface area (Å²) in [5, 5.41) is 8.74. The number of fused-ring (bicyclic) bond motifs is 1. The molecule has 1 aromatic carbocycles. The lowest BCUT2D eigenvalue weighted by Crippen LogP contribution is -2.03. The second-order valence-electron chi connectivity index (χ2n) is 4.53. The zero-order valence-electron chi connectivity index (χ0n) is 10.8. The van der Waals surface area contributed by atoms with Crippen molar-refractivity contribution in [2.45, 2.75) is 19.8 Å². The van der Waals surface area contributed by atoms with Crippen LogP contribution in [0.5, 0.6) is 0 Å². The molecule has 0 saturated carbocycles. The first-order chi connectivity index (χ1) is 9.31. The van der Waals surface area contributed by atoms with Crippen LogP contribution in [0.1, 0.15) is 17.7 Å². The molecule has 2 heterocycles. The van der Waals surface area contributed by atoms with Crippen LogP contribution in [0.25, 0.3) is 4.96 Å². The molecule has 0 bridgehead atoms. The quantitative estimate of drug-likeness (QED) is 0.726. The van der Waals surface area contributed by atoms with Gasteiger partial charge in [-0.1, -0.05) is 41.7 Å². The van der Waals surface area contributed by atoms with Crippen molar-refractivity contribution in [1.29, 1.82) is 0 Å². The second-order valence-corrected chi connectivity index (χ2v) is 5.49. The topological polar surface area (TPSA) is 42.2 Å². The molecular formula is C14H16N4S. The molecule has 4 nitrogen and oxygen atoms in total. The lowest BCUT2D eigenvalue weighted by atomic mass is 10.1. The van der Waals surface area contributed by atoms with Crippen LogP contribution < -0.4 is 5.32 Å². The Kier molecular flexibility index (Phi) is 3.46. The summed E-state index contributed by atoms with van der Waals surface area (Å²) in [7, 11) is 0. The van der Waals surface area contributed by atoms with Crippen molar-refractivity contribution in [2.24, 2.45) is 0 Å². The molecule has 0 aliphatic carbocycles. The Morgan fingerprint density at radius 3 is 2.89 bits per heavy atom. The van der Waals surface area contributed by atoms with Crippen molar-refractivity contribution in [3.63, 3.8) is 0 Å². The van der Waals surface area contributed by atoms with Gasteiger partial charge in [0, 0.05) is 6.54 Å². The van der Waals surface area contributed by atoms with E-state index in [0.29, 0.717) is 0 Å². The summed E-state index contributed by atoms with van der Waals surface area (Å²) in [6, 6.07) is 10.6. The maximum Gasteiger partial charge on any atom is 0.214 e. The summed E-state index contributed by atoms with van der Waals surface area (Å²) in [6.07, 6.45) is 4.14. The third-order valence-corrected chi connectivity index (χ3v) is 3.81. The van der Waals surface area contributed by atoms with E-state index in [1.807, 2.05) is 17.6 Å². The average molecular weight is 272 g/mol. The van der Waals surface area contributed by atoms with E-state index in [1.54, 1.807) is 11.3 Å². The van der Waals surface area contributed by atoms with Gasteiger partial charge >= 0.3 is 0 Å². The fourth-order valence-corrected chi connectivity index (χ4v) is 2.87. The van der Waals surface area contributed by atoms with E-state index in [9.17, 15) is 0 Å². The first-order valence-corrected chi connectivity index (χ1v) is 7.23. The molecule has 98 valence electrons. The van der Waals surface area contributed by atoms with Crippen LogP contribution in [0.15, 0.2) is 36.5 Å². The molecule has 3 aromatic rings. The summed E-state index contributed by atoms with van der Waals surface area (Å²) >= 11 is 1.59. The highest BCUT2D eigenvalue weighted by atomic mass is 32.1. The maximum absolute atomic E-state index is 4.44. The van der Waals surface area contributed by atoms with Crippen molar-refractivity contribution in [2.75, 3.05) is 11.9 Å². The summed E-state index contributed by atoms with van der Waals surface area (Å²) in [5.74, 6) is 0. The van der Waals surface area contributed by atoms with E-state index in [4.69, 9.17) is 0 Å². The molecule has 19 heavy (non-hydrogen) atoms. The number of hydrogen-bond acceptors (Lipinski definition) is 4. The summed E-state index contributed by atoms with van der Waals surface area (Å²) < 4.78 is 1.83. The molecule has 0 radical (unpaired) electrons. The Balaban J connectivity index is 1.50. The first kappa shape index (κ1) is 12.2. The largest absolute Gasteiger partial charge is 0.360 e. The molecule has 5 heteroatoms. The number of benzene rings is 1. The molecule has 0 atom stereocenters. The molecule has 0 amide bonds. The van der Waals surface area contributed by atoms with E-state index in [-0.39, 0.29) is 0 Å². The van der Waals surface area contributed by atoms with Gasteiger partial charge < -0.3 is 5.32 Å². The van der Waals surface area contributed by atoms with Crippen molar-refractivity contribution >= 4 is 21.4 Å². The minimum absolute atomic E-state index is 0.935. The molecule has 0 spiro atoms. The molecule has 0 unspecified atom stereocenters. The van der Waals surface area contributed by atoms with Gasteiger partial charge in [-0.25, -0.2) is 9.50 Å². The molecule has 0 saturated heterocycles. The zero-order chi connectivity index (χ0) is 13.1. The van der Waals surface area contributed by atoms with Crippen LogP contribution in [0.4, 0.5) is 5.13 Å². The molecule has 0 aliphatic rings. The van der Waals surface area contributed by atoms with Gasteiger partial charge in [-0.3, -0.25) is 0 Å². The fourth-order valence-electron chi connectivity index (χ4n) is 2.01. The highest BCUT2D eigenvalue weighted by Crippen LogP contribution is 2.18. The van der Waals surface area contributed by atoms with Crippen LogP contribution in [0, 0.1) is 6.92 Å². The number of imidazole rings is 1. The van der Waals surface area contributed by atoms with E-state index in [1.165, 1.54) is 5.56 Å². The third-order valence-electron chi connectivity index (χ3n) is 2.92. The summed E-state index contributed by atoms with van der Waals surface area (Å²) in [6.45, 7) is 2.92. The predicted molar refractivity (Wildman–Crippen MR) is 78.9 cm³/mol. The van der Waals surface area contributed by atoms with Gasteiger partial charge in [0.15, 0.2) is 0 Å². The Morgan fingerprint density at radius 1 is 1.26 bits per heavy atom. The Morgan fingerprint density at radius 2 is 2.11 bits per heavy atom. The number of nitrogens with zero attached hydrogens (tertiary/aromatic N) is 3. The zero-order valence-corrected chi connectivity index (χ0v) is 11.7. The van der Waals surface area contributed by atoms with Crippen molar-refractivity contribution in [3.8, 4) is 0 Å². The summed E-state index contributed by atoms with van der Waals surface area (Å²) in [4.78, 5) is 5.34. The average Bonchev–Trinajstić information content (AvgIpc) is 2.93. The Labute approximate surface area is 116 Å². The number of aromatic nitrogens is 3. The van der Waals surface area contributed by atoms with Gasteiger partial charge in [-0.15, -0.1) is 5.10 Å². The molecule has 1 N–H and O–H groups in total. The third kappa shape index (κ3) is 2.93. The minimum Gasteiger partial charge on any atom is -0.360 e. The maximum atomic E-state index is 4.44. The highest BCUT2D eigenvalue weighted by Gasteiger charge is 2.05. The standard InChI is InChI=1S/C14H16N4S/c1-11-10-18-14(16-11)19-13(17-18)15-9-5-8-12-6-3-2-4-7-12/h2-4,6-7,10H,5,8-9H2,1H3,(H,15,17). The fraction of sp³-hybridized carbons (Fsp3) is 0.286. The smallest absolute Gasteiger partial charge is 0.214 e. The minimum atomic E-state index is 0.935. The Hall–Kier alpha value is -1.88. The van der Waals surface area contributed by atoms with Gasteiger partial charge in [0.2, 0.25) is 10.1 Å². The predicted octanol–water partition coefficient (Wildman–Crippen LogP) is 3.14. The van der Waals surface area contributed by atoms with Gasteiger partial charge in [0.25, 0.3) is 0 Å². The number of anilines is 1. The van der Waals surface area contributed by atoms with E-state index in [2.05, 4.69) is 45.7 Å². The normalized spacial score (nSPS) is 11.0. The summed E-state index contributed by atoms with van der Waals surface area (Å²) in [5.41, 5.74) is 2.39. The van der Waals surface area contributed by atoms with Gasteiger partial charge in [-0.05, 0) is 25.3 Å². The number of hydrogen-bond donors (Lipinski definition) is 1. The molecule has 0 fully saturated rings. The van der Waals surface area contributed by atoms with Gasteiger partial charge in [-0.2, -0.15) is 0 Å². The lowest BCUT2D eigenvalue weighted by Gasteiger charge is -2.02. The van der Waals surface area contributed by atoms with Crippen molar-refractivity contribution < 1.29 is 0 Å². The lowest BCUT2D eigenvalue weighted by molar-refractivity contribution is 0.854. The van der Waals surface area contributed by atoms with Crippen LogP contribution >= 0.6 is 11.3 Å². The number of nitrogens with one attached hydrogen (secondary N) is 1. The van der Waals surface area contributed by atoms with Crippen molar-refractivity contribution in [1.82, 2.24) is 14.6 Å². The van der Waals surface area contributed by atoms with Gasteiger partial charge in [0.1, 0.15) is 0 Å². The van der Waals surface area contributed by atoms with Crippen LogP contribution in [0.2, 0.25) is 0 Å². The van der Waals surface area contributed by atoms with E-state index in [0.717, 1.165) is 35.2 Å². The molecule has 0 aliphatic heterocycles. The molecule has 3 rings (SSSR count). The number of rotatable bonds is 5. The van der Waals surface area contributed by atoms with E-state index < -0.39 is 0 Å². The number of aryl methyl sites for hydroxylation is 2. The van der Waals surface area contributed by atoms with E-state index >= 15 is 0 Å². The highest BCUT2D eigenvalue weighted by molar-refractivity contribution is 7.20. The SMILES string of the molecule is Cc1cn2nc(NCCCc3ccccc3)sc2n1. The monoisotopic (exact) mass is 272 g/mol. The second kappa shape index (κ2) is 5.40. The van der Waals surface area contributed by atoms with Crippen molar-refractivity contribution in [3.05, 3.63) is 47.8 Å². The molecule has 2 aromatic heterocycles. The molecular weight excluding hydrogens is 256 g/mol. The Bertz CT molecular complexity index is 625.